The van der Waals surface area contributed by atoms with Gasteiger partial charge in [0, 0.05) is 19.1 Å². The zero-order valence-electron chi connectivity index (χ0n) is 15.8. The number of ether oxygens (including phenoxy) is 1. The van der Waals surface area contributed by atoms with Gasteiger partial charge < -0.3 is 9.64 Å². The maximum Gasteiger partial charge on any atom is 0.134 e. The van der Waals surface area contributed by atoms with E-state index in [-0.39, 0.29) is 0 Å². The summed E-state index contributed by atoms with van der Waals surface area (Å²) in [6.45, 7) is 6.49. The van der Waals surface area contributed by atoms with Crippen LogP contribution in [0.25, 0.3) is 11.1 Å². The van der Waals surface area contributed by atoms with Crippen LogP contribution in [0.1, 0.15) is 25.3 Å². The molecule has 3 nitrogen and oxygen atoms in total. The lowest BCUT2D eigenvalue weighted by Crippen LogP contribution is -2.28. The first-order chi connectivity index (χ1) is 12.7. The van der Waals surface area contributed by atoms with E-state index in [1.807, 2.05) is 0 Å². The Kier molecular flexibility index (Phi) is 5.53. The lowest BCUT2D eigenvalue weighted by Gasteiger charge is -2.20. The third kappa shape index (κ3) is 4.08. The molecule has 1 unspecified atom stereocenters. The first-order valence-corrected chi connectivity index (χ1v) is 10.5. The van der Waals surface area contributed by atoms with E-state index in [2.05, 4.69) is 65.6 Å². The van der Waals surface area contributed by atoms with Gasteiger partial charge in [0.05, 0.1) is 4.90 Å². The molecule has 2 aliphatic rings. The number of nitrogens with zero attached hydrogens (tertiary/aromatic N) is 2. The van der Waals surface area contributed by atoms with E-state index in [1.165, 1.54) is 47.5 Å². The monoisotopic (exact) mass is 368 g/mol. The number of likely N-dealkylation sites (N-methyl/N-ethyl adjacent to an activating group) is 1. The molecule has 26 heavy (non-hydrogen) atoms. The Hall–Kier alpha value is -1.49. The van der Waals surface area contributed by atoms with Crippen molar-refractivity contribution in [2.45, 2.75) is 37.1 Å². The van der Waals surface area contributed by atoms with Gasteiger partial charge in [-0.1, -0.05) is 30.3 Å². The minimum atomic E-state index is 0.744. The Morgan fingerprint density at radius 1 is 1.08 bits per heavy atom. The molecule has 0 N–H and O–H groups in total. The first kappa shape index (κ1) is 17.9. The van der Waals surface area contributed by atoms with E-state index in [9.17, 15) is 0 Å². The van der Waals surface area contributed by atoms with Gasteiger partial charge in [0.25, 0.3) is 0 Å². The van der Waals surface area contributed by atoms with Crippen LogP contribution in [0.4, 0.5) is 0 Å². The topological polar surface area (TPSA) is 15.7 Å². The molecule has 2 aromatic carbocycles. The number of benzene rings is 2. The van der Waals surface area contributed by atoms with Crippen LogP contribution in [-0.4, -0.2) is 48.5 Å². The predicted octanol–water partition coefficient (Wildman–Crippen LogP) is 4.71. The van der Waals surface area contributed by atoms with Gasteiger partial charge in [0.2, 0.25) is 0 Å². The largest absolute Gasteiger partial charge is 0.491 e. The molecule has 0 saturated carbocycles. The van der Waals surface area contributed by atoms with Crippen molar-refractivity contribution in [2.75, 3.05) is 33.3 Å². The molecule has 138 valence electrons. The average Bonchev–Trinajstić information content (AvgIpc) is 2.96. The molecule has 4 heteroatoms. The lowest BCUT2D eigenvalue weighted by atomic mass is 10.0. The molecule has 0 amide bonds. The highest BCUT2D eigenvalue weighted by Crippen LogP contribution is 2.36. The molecular weight excluding hydrogens is 340 g/mol. The summed E-state index contributed by atoms with van der Waals surface area (Å²) in [5.74, 6) is 1.00. The van der Waals surface area contributed by atoms with Crippen molar-refractivity contribution < 1.29 is 4.74 Å². The van der Waals surface area contributed by atoms with Crippen molar-refractivity contribution in [3.8, 4) is 16.9 Å². The molecule has 0 spiro atoms. The molecular formula is C22H28N2OS. The fourth-order valence-electron chi connectivity index (χ4n) is 3.84. The number of rotatable bonds is 4. The molecule has 0 radical (unpaired) electrons. The van der Waals surface area contributed by atoms with Gasteiger partial charge in [-0.05, 0) is 80.5 Å². The van der Waals surface area contributed by atoms with Gasteiger partial charge in [-0.2, -0.15) is 0 Å². The van der Waals surface area contributed by atoms with Crippen molar-refractivity contribution in [2.24, 2.45) is 0 Å². The Morgan fingerprint density at radius 3 is 2.65 bits per heavy atom. The highest BCUT2D eigenvalue weighted by atomic mass is 32.2. The molecule has 0 bridgehead atoms. The number of hydrogen-bond donors (Lipinski definition) is 0. The fraction of sp³-hybridized carbons (Fsp3) is 0.455. The van der Waals surface area contributed by atoms with Crippen LogP contribution in [0.2, 0.25) is 0 Å². The fourth-order valence-corrected chi connectivity index (χ4v) is 4.67. The van der Waals surface area contributed by atoms with Gasteiger partial charge in [-0.3, -0.25) is 0 Å². The minimum Gasteiger partial charge on any atom is -0.491 e. The van der Waals surface area contributed by atoms with Gasteiger partial charge in [-0.15, -0.1) is 0 Å². The van der Waals surface area contributed by atoms with Crippen LogP contribution in [-0.2, 0) is 6.42 Å². The van der Waals surface area contributed by atoms with Crippen molar-refractivity contribution in [1.82, 2.24) is 9.21 Å². The summed E-state index contributed by atoms with van der Waals surface area (Å²) in [5.41, 5.74) is 3.92. The number of fused-ring (bicyclic) bond motifs is 1. The van der Waals surface area contributed by atoms with E-state index >= 15 is 0 Å². The van der Waals surface area contributed by atoms with Crippen molar-refractivity contribution in [3.05, 3.63) is 48.0 Å². The van der Waals surface area contributed by atoms with E-state index in [4.69, 9.17) is 4.74 Å². The second-order valence-corrected chi connectivity index (χ2v) is 8.67. The second kappa shape index (κ2) is 8.03. The molecule has 1 saturated heterocycles. The van der Waals surface area contributed by atoms with Gasteiger partial charge >= 0.3 is 0 Å². The van der Waals surface area contributed by atoms with E-state index in [0.717, 1.165) is 31.4 Å². The summed E-state index contributed by atoms with van der Waals surface area (Å²) in [6, 6.07) is 16.4. The molecule has 1 atom stereocenters. The van der Waals surface area contributed by atoms with Gasteiger partial charge in [-0.25, -0.2) is 4.31 Å². The molecule has 0 aliphatic carbocycles. The van der Waals surface area contributed by atoms with Crippen LogP contribution in [0.5, 0.6) is 5.75 Å². The molecule has 1 fully saturated rings. The summed E-state index contributed by atoms with van der Waals surface area (Å²) in [5, 5.41) is 0. The van der Waals surface area contributed by atoms with Crippen molar-refractivity contribution >= 4 is 11.9 Å². The molecule has 2 heterocycles. The zero-order valence-corrected chi connectivity index (χ0v) is 16.6. The van der Waals surface area contributed by atoms with Gasteiger partial charge in [0.15, 0.2) is 0 Å². The van der Waals surface area contributed by atoms with Crippen LogP contribution in [0, 0.1) is 0 Å². The highest BCUT2D eigenvalue weighted by molar-refractivity contribution is 7.97. The second-order valence-electron chi connectivity index (χ2n) is 7.43. The van der Waals surface area contributed by atoms with E-state index < -0.39 is 0 Å². The summed E-state index contributed by atoms with van der Waals surface area (Å²) in [4.78, 5) is 3.82. The number of hydrogen-bond acceptors (Lipinski definition) is 4. The van der Waals surface area contributed by atoms with Gasteiger partial charge in [0.1, 0.15) is 12.4 Å². The first-order valence-electron chi connectivity index (χ1n) is 9.68. The normalized spacial score (nSPS) is 21.2. The summed E-state index contributed by atoms with van der Waals surface area (Å²) in [6.07, 6.45) is 3.85. The van der Waals surface area contributed by atoms with Crippen molar-refractivity contribution in [3.63, 3.8) is 0 Å². The standard InChI is InChI=1S/C22H28N2OS/c1-17-4-3-12-24(17)13-11-18-5-7-19(8-6-18)20-9-10-22-21(16-20)25-15-14-23(2)26-22/h5-10,16-17H,3-4,11-15H2,1-2H3. The average molecular weight is 369 g/mol. The Bertz CT molecular complexity index is 746. The lowest BCUT2D eigenvalue weighted by molar-refractivity contribution is 0.272. The smallest absolute Gasteiger partial charge is 0.134 e. The molecule has 0 aromatic heterocycles. The van der Waals surface area contributed by atoms with E-state index in [0.29, 0.717) is 0 Å². The minimum absolute atomic E-state index is 0.744. The number of likely N-dealkylation sites (tertiary alicyclic amines) is 1. The van der Waals surface area contributed by atoms with E-state index in [1.54, 1.807) is 11.9 Å². The summed E-state index contributed by atoms with van der Waals surface area (Å²) in [7, 11) is 2.11. The van der Waals surface area contributed by atoms with Crippen LogP contribution >= 0.6 is 11.9 Å². The van der Waals surface area contributed by atoms with Crippen LogP contribution < -0.4 is 4.74 Å². The molecule has 2 aliphatic heterocycles. The summed E-state index contributed by atoms with van der Waals surface area (Å²) >= 11 is 1.76. The van der Waals surface area contributed by atoms with Crippen molar-refractivity contribution in [1.29, 1.82) is 0 Å². The zero-order chi connectivity index (χ0) is 17.9. The highest BCUT2D eigenvalue weighted by Gasteiger charge is 2.19. The van der Waals surface area contributed by atoms with Crippen LogP contribution in [0.3, 0.4) is 0 Å². The molecule has 4 rings (SSSR count). The predicted molar refractivity (Wildman–Crippen MR) is 110 cm³/mol. The van der Waals surface area contributed by atoms with Crippen LogP contribution in [0.15, 0.2) is 47.4 Å². The Labute approximate surface area is 161 Å². The Morgan fingerprint density at radius 2 is 1.88 bits per heavy atom. The molecule has 2 aromatic rings. The third-order valence-electron chi connectivity index (χ3n) is 5.53. The SMILES string of the molecule is CC1CCCN1CCc1ccc(-c2ccc3c(c2)OCCN(C)S3)cc1. The maximum atomic E-state index is 5.94. The Balaban J connectivity index is 1.44. The third-order valence-corrected chi connectivity index (χ3v) is 6.56. The summed E-state index contributed by atoms with van der Waals surface area (Å²) < 4.78 is 8.17. The maximum absolute atomic E-state index is 5.94. The quantitative estimate of drug-likeness (QED) is 0.726.